The average molecular weight is 532 g/mol. The van der Waals surface area contributed by atoms with Crippen LogP contribution in [-0.2, 0) is 4.79 Å². The molecular formula is C30H26ClNO6. The van der Waals surface area contributed by atoms with E-state index in [1.165, 1.54) is 4.90 Å². The normalized spacial score (nSPS) is 15.6. The number of benzene rings is 3. The molecule has 0 spiro atoms. The van der Waals surface area contributed by atoms with Crippen molar-refractivity contribution in [3.05, 3.63) is 100 Å². The monoisotopic (exact) mass is 531 g/mol. The average Bonchev–Trinajstić information content (AvgIpc) is 3.42. The lowest BCUT2D eigenvalue weighted by atomic mass is 9.94. The highest BCUT2D eigenvalue weighted by molar-refractivity contribution is 6.31. The van der Waals surface area contributed by atoms with Crippen molar-refractivity contribution < 1.29 is 28.6 Å². The minimum Gasteiger partial charge on any atom is -0.503 e. The number of aliphatic hydroxyl groups excluding tert-OH is 1. The molecule has 2 heterocycles. The van der Waals surface area contributed by atoms with Crippen molar-refractivity contribution in [3.8, 4) is 11.5 Å². The van der Waals surface area contributed by atoms with Crippen LogP contribution in [0.3, 0.4) is 0 Å². The molecule has 1 aromatic heterocycles. The molecular weight excluding hydrogens is 506 g/mol. The standard InChI is InChI=1S/C30H26ClNO6/c1-4-36-22-11-9-21(10-12-22)32-27(18-6-5-7-23(15-18)37-17(2)3)26(29(34)30(32)35)28(33)25-16-19-14-20(31)8-13-24(19)38-25/h5-17,27,34H,4H2,1-3H3. The number of aliphatic hydroxyl groups is 1. The number of fused-ring (bicyclic) bond motifs is 1. The van der Waals surface area contributed by atoms with E-state index in [2.05, 4.69) is 0 Å². The largest absolute Gasteiger partial charge is 0.503 e. The summed E-state index contributed by atoms with van der Waals surface area (Å²) in [6.45, 7) is 6.20. The van der Waals surface area contributed by atoms with Crippen molar-refractivity contribution in [1.82, 2.24) is 0 Å². The quantitative estimate of drug-likeness (QED) is 0.245. The van der Waals surface area contributed by atoms with Gasteiger partial charge in [-0.2, -0.15) is 0 Å². The minimum absolute atomic E-state index is 0.00950. The van der Waals surface area contributed by atoms with E-state index in [4.69, 9.17) is 25.5 Å². The maximum Gasteiger partial charge on any atom is 0.294 e. The van der Waals surface area contributed by atoms with Crippen LogP contribution in [0.2, 0.25) is 5.02 Å². The number of nitrogens with zero attached hydrogens (tertiary/aromatic N) is 1. The summed E-state index contributed by atoms with van der Waals surface area (Å²) in [6.07, 6.45) is -0.0786. The number of hydrogen-bond donors (Lipinski definition) is 1. The number of hydrogen-bond acceptors (Lipinski definition) is 6. The molecule has 194 valence electrons. The van der Waals surface area contributed by atoms with Gasteiger partial charge in [0.15, 0.2) is 11.5 Å². The molecule has 1 atom stereocenters. The molecule has 5 rings (SSSR count). The Morgan fingerprint density at radius 1 is 1.05 bits per heavy atom. The minimum atomic E-state index is -0.930. The van der Waals surface area contributed by atoms with Crippen molar-refractivity contribution in [2.45, 2.75) is 32.9 Å². The molecule has 1 unspecified atom stereocenters. The highest BCUT2D eigenvalue weighted by Crippen LogP contribution is 2.43. The third kappa shape index (κ3) is 4.73. The van der Waals surface area contributed by atoms with Crippen LogP contribution in [-0.4, -0.2) is 29.5 Å². The van der Waals surface area contributed by atoms with Crippen LogP contribution >= 0.6 is 11.6 Å². The van der Waals surface area contributed by atoms with E-state index in [1.54, 1.807) is 72.8 Å². The fourth-order valence-electron chi connectivity index (χ4n) is 4.58. The van der Waals surface area contributed by atoms with E-state index < -0.39 is 23.5 Å². The van der Waals surface area contributed by atoms with E-state index in [-0.39, 0.29) is 17.4 Å². The topological polar surface area (TPSA) is 89.2 Å². The van der Waals surface area contributed by atoms with E-state index in [0.29, 0.717) is 45.3 Å². The predicted octanol–water partition coefficient (Wildman–Crippen LogP) is 7.06. The maximum atomic E-state index is 13.8. The Morgan fingerprint density at radius 3 is 2.53 bits per heavy atom. The highest BCUT2D eigenvalue weighted by Gasteiger charge is 2.45. The number of carbonyl (C=O) groups is 2. The van der Waals surface area contributed by atoms with Crippen LogP contribution in [0.25, 0.3) is 11.0 Å². The molecule has 4 aromatic rings. The van der Waals surface area contributed by atoms with Gasteiger partial charge in [-0.25, -0.2) is 0 Å². The van der Waals surface area contributed by atoms with Gasteiger partial charge in [0.1, 0.15) is 17.1 Å². The van der Waals surface area contributed by atoms with Crippen LogP contribution in [0.4, 0.5) is 5.69 Å². The smallest absolute Gasteiger partial charge is 0.294 e. The molecule has 1 aliphatic rings. The summed E-state index contributed by atoms with van der Waals surface area (Å²) in [5.41, 5.74) is 1.46. The lowest BCUT2D eigenvalue weighted by Crippen LogP contribution is -2.31. The van der Waals surface area contributed by atoms with Gasteiger partial charge in [-0.15, -0.1) is 0 Å². The number of anilines is 1. The predicted molar refractivity (Wildman–Crippen MR) is 145 cm³/mol. The zero-order valence-corrected chi connectivity index (χ0v) is 21.9. The van der Waals surface area contributed by atoms with E-state index >= 15 is 0 Å². The van der Waals surface area contributed by atoms with Crippen molar-refractivity contribution in [2.24, 2.45) is 0 Å². The van der Waals surface area contributed by atoms with Gasteiger partial charge in [-0.3, -0.25) is 14.5 Å². The maximum absolute atomic E-state index is 13.8. The molecule has 1 amide bonds. The van der Waals surface area contributed by atoms with Gasteiger partial charge in [-0.1, -0.05) is 23.7 Å². The van der Waals surface area contributed by atoms with Gasteiger partial charge in [0.2, 0.25) is 5.78 Å². The van der Waals surface area contributed by atoms with Crippen LogP contribution in [0.1, 0.15) is 42.9 Å². The first-order chi connectivity index (χ1) is 18.3. The molecule has 0 fully saturated rings. The van der Waals surface area contributed by atoms with Crippen molar-refractivity contribution in [1.29, 1.82) is 0 Å². The van der Waals surface area contributed by atoms with Gasteiger partial charge in [0.05, 0.1) is 24.3 Å². The number of carbonyl (C=O) groups excluding carboxylic acids is 2. The lowest BCUT2D eigenvalue weighted by Gasteiger charge is -2.27. The van der Waals surface area contributed by atoms with E-state index in [0.717, 1.165) is 0 Å². The first-order valence-corrected chi connectivity index (χ1v) is 12.6. The van der Waals surface area contributed by atoms with E-state index in [1.807, 2.05) is 20.8 Å². The molecule has 0 saturated heterocycles. The van der Waals surface area contributed by atoms with Gasteiger partial charge >= 0.3 is 0 Å². The van der Waals surface area contributed by atoms with Crippen molar-refractivity contribution in [2.75, 3.05) is 11.5 Å². The fraction of sp³-hybridized carbons (Fsp3) is 0.200. The first-order valence-electron chi connectivity index (χ1n) is 12.3. The third-order valence-corrected chi connectivity index (χ3v) is 6.36. The molecule has 0 aliphatic carbocycles. The lowest BCUT2D eigenvalue weighted by molar-refractivity contribution is -0.117. The van der Waals surface area contributed by atoms with Crippen LogP contribution < -0.4 is 14.4 Å². The number of Topliss-reactive ketones (excluding diaryl/α,β-unsaturated/α-hetero) is 1. The molecule has 3 aromatic carbocycles. The number of ketones is 1. The zero-order valence-electron chi connectivity index (χ0n) is 21.1. The summed E-state index contributed by atoms with van der Waals surface area (Å²) in [5, 5.41) is 12.2. The van der Waals surface area contributed by atoms with Crippen LogP contribution in [0.15, 0.2) is 88.5 Å². The Hall–Kier alpha value is -4.23. The Labute approximate surface area is 224 Å². The summed E-state index contributed by atoms with van der Waals surface area (Å²) >= 11 is 6.10. The highest BCUT2D eigenvalue weighted by atomic mass is 35.5. The summed E-state index contributed by atoms with van der Waals surface area (Å²) in [5.74, 6) is -0.727. The fourth-order valence-corrected chi connectivity index (χ4v) is 4.76. The summed E-state index contributed by atoms with van der Waals surface area (Å²) < 4.78 is 17.2. The number of rotatable bonds is 8. The summed E-state index contributed by atoms with van der Waals surface area (Å²) in [6, 6.07) is 19.7. The second-order valence-electron chi connectivity index (χ2n) is 9.13. The van der Waals surface area contributed by atoms with Gasteiger partial charge in [0.25, 0.3) is 5.91 Å². The first kappa shape index (κ1) is 25.4. The van der Waals surface area contributed by atoms with Gasteiger partial charge < -0.3 is 19.0 Å². The Kier molecular flexibility index (Phi) is 6.87. The Balaban J connectivity index is 1.62. The molecule has 8 heteroatoms. The molecule has 1 N–H and O–H groups in total. The Morgan fingerprint density at radius 2 is 1.82 bits per heavy atom. The molecule has 0 bridgehead atoms. The van der Waals surface area contributed by atoms with Gasteiger partial charge in [-0.05, 0) is 87.0 Å². The second kappa shape index (κ2) is 10.3. The summed E-state index contributed by atoms with van der Waals surface area (Å²) in [4.78, 5) is 28.7. The van der Waals surface area contributed by atoms with Crippen molar-refractivity contribution >= 4 is 39.9 Å². The zero-order chi connectivity index (χ0) is 27.0. The van der Waals surface area contributed by atoms with Crippen molar-refractivity contribution in [3.63, 3.8) is 0 Å². The molecule has 1 aliphatic heterocycles. The summed E-state index contributed by atoms with van der Waals surface area (Å²) in [7, 11) is 0. The number of amides is 1. The van der Waals surface area contributed by atoms with Gasteiger partial charge in [0, 0.05) is 16.1 Å². The van der Waals surface area contributed by atoms with Crippen LogP contribution in [0.5, 0.6) is 11.5 Å². The number of furan rings is 1. The van der Waals surface area contributed by atoms with E-state index in [9.17, 15) is 14.7 Å². The Bertz CT molecular complexity index is 1550. The molecule has 7 nitrogen and oxygen atoms in total. The second-order valence-corrected chi connectivity index (χ2v) is 9.56. The van der Waals surface area contributed by atoms with Crippen LogP contribution in [0, 0.1) is 0 Å². The molecule has 38 heavy (non-hydrogen) atoms. The molecule has 0 saturated carbocycles. The number of halogens is 1. The molecule has 0 radical (unpaired) electrons. The number of ether oxygens (including phenoxy) is 2. The third-order valence-electron chi connectivity index (χ3n) is 6.13. The SMILES string of the molecule is CCOc1ccc(N2C(=O)C(O)=C(C(=O)c3cc4cc(Cl)ccc4o3)C2c2cccc(OC(C)C)c2)cc1.